The monoisotopic (exact) mass is 653 g/mol. The van der Waals surface area contributed by atoms with Gasteiger partial charge in [-0.25, -0.2) is 25.1 Å². The minimum absolute atomic E-state index is 0.0216. The van der Waals surface area contributed by atoms with Crippen LogP contribution in [0, 0.1) is 10.8 Å². The van der Waals surface area contributed by atoms with E-state index in [9.17, 15) is 14.2 Å². The van der Waals surface area contributed by atoms with Crippen molar-refractivity contribution in [3.05, 3.63) is 12.7 Å². The van der Waals surface area contributed by atoms with E-state index in [1.807, 2.05) is 6.92 Å². The van der Waals surface area contributed by atoms with Crippen LogP contribution >= 0.6 is 7.44 Å². The lowest BCUT2D eigenvalue weighted by molar-refractivity contribution is -0.150. The molecule has 4 N–H and O–H groups in total. The molecule has 0 aliphatic carbocycles. The van der Waals surface area contributed by atoms with E-state index in [-0.39, 0.29) is 36.2 Å². The second-order valence-corrected chi connectivity index (χ2v) is 16.6. The first-order valence-electron chi connectivity index (χ1n) is 15.7. The number of carbonyl (C=O) groups is 2. The largest absolute Gasteiger partial charge is 0.464 e. The van der Waals surface area contributed by atoms with E-state index >= 15 is 0 Å². The Morgan fingerprint density at radius 3 is 1.84 bits per heavy atom. The number of anilines is 1. The summed E-state index contributed by atoms with van der Waals surface area (Å²) in [5, 5.41) is 5.93. The van der Waals surface area contributed by atoms with Crippen LogP contribution in [0.4, 0.5) is 5.82 Å². The van der Waals surface area contributed by atoms with Crippen molar-refractivity contribution in [3.8, 4) is 0 Å². The zero-order chi connectivity index (χ0) is 34.3. The number of hydrogen-bond donors (Lipinski definition) is 3. The van der Waals surface area contributed by atoms with Crippen molar-refractivity contribution in [2.24, 2.45) is 10.8 Å². The minimum atomic E-state index is -3.81. The van der Waals surface area contributed by atoms with Crippen molar-refractivity contribution in [1.82, 2.24) is 29.7 Å². The molecule has 1 atom stereocenters. The van der Waals surface area contributed by atoms with Gasteiger partial charge in [0.2, 0.25) is 7.44 Å². The highest BCUT2D eigenvalue weighted by molar-refractivity contribution is 7.59. The summed E-state index contributed by atoms with van der Waals surface area (Å²) in [6.07, 6.45) is 5.41. The van der Waals surface area contributed by atoms with Crippen molar-refractivity contribution in [3.63, 3.8) is 0 Å². The van der Waals surface area contributed by atoms with Crippen molar-refractivity contribution in [2.75, 3.05) is 25.3 Å². The third-order valence-electron chi connectivity index (χ3n) is 8.30. The van der Waals surface area contributed by atoms with Gasteiger partial charge in [-0.05, 0) is 58.3 Å². The van der Waals surface area contributed by atoms with Crippen molar-refractivity contribution in [2.45, 2.75) is 126 Å². The number of ether oxygens (including phenoxy) is 3. The zero-order valence-corrected chi connectivity index (χ0v) is 30.0. The van der Waals surface area contributed by atoms with Gasteiger partial charge in [0.05, 0.1) is 32.2 Å². The van der Waals surface area contributed by atoms with Gasteiger partial charge >= 0.3 is 11.9 Å². The number of nitrogens with two attached hydrogens (primary N) is 1. The first-order chi connectivity index (χ1) is 20.7. The number of hydrogen-bond acceptors (Lipinski definition) is 10. The fourth-order valence-corrected chi connectivity index (χ4v) is 6.87. The van der Waals surface area contributed by atoms with Gasteiger partial charge in [-0.3, -0.25) is 14.2 Å². The van der Waals surface area contributed by atoms with E-state index in [0.29, 0.717) is 30.6 Å². The Labute approximate surface area is 268 Å². The second-order valence-electron chi connectivity index (χ2n) is 14.5. The second kappa shape index (κ2) is 15.3. The Morgan fingerprint density at radius 2 is 1.38 bits per heavy atom. The number of aromatic nitrogens is 4. The smallest absolute Gasteiger partial charge is 0.326 e. The molecular weight excluding hydrogens is 597 g/mol. The van der Waals surface area contributed by atoms with Crippen LogP contribution in [-0.4, -0.2) is 68.2 Å². The quantitative estimate of drug-likeness (QED) is 0.130. The van der Waals surface area contributed by atoms with E-state index in [2.05, 4.69) is 66.7 Å². The van der Waals surface area contributed by atoms with E-state index in [1.165, 1.54) is 6.33 Å². The molecule has 0 bridgehead atoms. The van der Waals surface area contributed by atoms with Crippen molar-refractivity contribution < 1.29 is 28.4 Å². The highest BCUT2D eigenvalue weighted by Gasteiger charge is 2.43. The summed E-state index contributed by atoms with van der Waals surface area (Å²) in [5.74, 6) is -0.854. The molecule has 0 aliphatic rings. The highest BCUT2D eigenvalue weighted by Crippen LogP contribution is 2.42. The third-order valence-corrected chi connectivity index (χ3v) is 10.7. The van der Waals surface area contributed by atoms with Gasteiger partial charge in [0.15, 0.2) is 11.5 Å². The maximum Gasteiger partial charge on any atom is 0.326 e. The number of fused-ring (bicyclic) bond motifs is 1. The molecule has 2 aromatic heterocycles. The summed E-state index contributed by atoms with van der Waals surface area (Å²) < 4.78 is 33.6. The van der Waals surface area contributed by atoms with Crippen LogP contribution in [0.15, 0.2) is 12.7 Å². The molecule has 2 aromatic rings. The van der Waals surface area contributed by atoms with Gasteiger partial charge in [-0.1, -0.05) is 54.4 Å². The summed E-state index contributed by atoms with van der Waals surface area (Å²) in [4.78, 5) is 38.9. The molecule has 0 aromatic carbocycles. The third kappa shape index (κ3) is 11.6. The van der Waals surface area contributed by atoms with Crippen LogP contribution in [0.3, 0.4) is 0 Å². The summed E-state index contributed by atoms with van der Waals surface area (Å²) in [6, 6.07) is 0. The van der Waals surface area contributed by atoms with Gasteiger partial charge < -0.3 is 24.5 Å². The molecule has 13 nitrogen and oxygen atoms in total. The molecule has 0 amide bonds. The van der Waals surface area contributed by atoms with E-state index in [4.69, 9.17) is 19.9 Å². The average Bonchev–Trinajstić information content (AvgIpc) is 3.34. The van der Waals surface area contributed by atoms with Crippen molar-refractivity contribution >= 4 is 36.4 Å². The summed E-state index contributed by atoms with van der Waals surface area (Å²) in [6.45, 7) is 21.6. The standard InChI is InChI=1S/C31H56N7O6P/c1-12-28(4,5)14-16-42-26(39)30(8,9)36-45(41,37-31(10,11)27(40)43-17-15-29(6,7)13-2)21-44-22(3)18-38-20-35-23-24(32)33-19-34-25(23)38/h19-20,22H,12-18,21H2,1-11H3,(H2,32,33,34)(H2,36,37,41)/t22-/m1/s1. The Balaban J connectivity index is 2.21. The zero-order valence-electron chi connectivity index (χ0n) is 29.2. The maximum atomic E-state index is 14.6. The first kappa shape index (κ1) is 38.6. The molecule has 2 rings (SSSR count). The Morgan fingerprint density at radius 1 is 0.889 bits per heavy atom. The highest BCUT2D eigenvalue weighted by atomic mass is 31.2. The number of nitrogen functional groups attached to an aromatic ring is 1. The van der Waals surface area contributed by atoms with Gasteiger partial charge in [-0.15, -0.1) is 0 Å². The van der Waals surface area contributed by atoms with Crippen LogP contribution in [0.25, 0.3) is 11.2 Å². The number of nitrogens with zero attached hydrogens (tertiary/aromatic N) is 4. The fraction of sp³-hybridized carbons (Fsp3) is 0.774. The number of esters is 2. The predicted octanol–water partition coefficient (Wildman–Crippen LogP) is 5.44. The molecular formula is C31H56N7O6P. The number of nitrogens with one attached hydrogen (secondary N) is 2. The van der Waals surface area contributed by atoms with Gasteiger partial charge in [0.1, 0.15) is 29.3 Å². The van der Waals surface area contributed by atoms with E-state index in [0.717, 1.165) is 12.8 Å². The lowest BCUT2D eigenvalue weighted by Crippen LogP contribution is -2.54. The molecule has 0 fully saturated rings. The number of imidazole rings is 1. The van der Waals surface area contributed by atoms with Crippen molar-refractivity contribution in [1.29, 1.82) is 0 Å². The molecule has 45 heavy (non-hydrogen) atoms. The topological polar surface area (TPSA) is 173 Å². The Kier molecular flexibility index (Phi) is 13.1. The molecule has 256 valence electrons. The minimum Gasteiger partial charge on any atom is -0.464 e. The number of carbonyl (C=O) groups excluding carboxylic acids is 2. The van der Waals surface area contributed by atoms with E-state index < -0.39 is 36.6 Å². The molecule has 14 heteroatoms. The number of rotatable bonds is 19. The molecule has 0 aliphatic heterocycles. The van der Waals surface area contributed by atoms with Gasteiger partial charge in [0.25, 0.3) is 0 Å². The molecule has 0 saturated heterocycles. The molecule has 0 saturated carbocycles. The van der Waals surface area contributed by atoms with Crippen LogP contribution in [-0.2, 0) is 34.9 Å². The van der Waals surface area contributed by atoms with Crippen LogP contribution in [0.1, 0.15) is 102 Å². The van der Waals surface area contributed by atoms with E-state index in [1.54, 1.807) is 38.6 Å². The summed E-state index contributed by atoms with van der Waals surface area (Å²) >= 11 is 0. The average molecular weight is 654 g/mol. The normalized spacial score (nSPS) is 14.0. The van der Waals surface area contributed by atoms with Gasteiger partial charge in [0, 0.05) is 0 Å². The molecule has 0 radical (unpaired) electrons. The van der Waals surface area contributed by atoms with Crippen LogP contribution in [0.2, 0.25) is 0 Å². The maximum absolute atomic E-state index is 14.6. The lowest BCUT2D eigenvalue weighted by Gasteiger charge is -2.36. The first-order valence-corrected chi connectivity index (χ1v) is 17.6. The van der Waals surface area contributed by atoms with Gasteiger partial charge in [-0.2, -0.15) is 0 Å². The SMILES string of the molecule is CCC(C)(C)CCOC(=O)C(C)(C)NP(=O)(CO[C@H](C)Cn1cnc2c(N)ncnc21)NC(C)(C)C(=O)OCCC(C)(C)CC. The van der Waals surface area contributed by atoms with Crippen LogP contribution in [0.5, 0.6) is 0 Å². The predicted molar refractivity (Wildman–Crippen MR) is 176 cm³/mol. The Hall–Kier alpha value is -2.60. The molecule has 0 spiro atoms. The van der Waals surface area contributed by atoms with Crippen LogP contribution < -0.4 is 15.9 Å². The fourth-order valence-electron chi connectivity index (χ4n) is 4.24. The summed E-state index contributed by atoms with van der Waals surface area (Å²) in [7, 11) is -3.81. The molecule has 2 heterocycles. The summed E-state index contributed by atoms with van der Waals surface area (Å²) in [5.41, 5.74) is 4.24. The lowest BCUT2D eigenvalue weighted by atomic mass is 9.87. The Bertz CT molecular complexity index is 1290. The molecule has 0 unspecified atom stereocenters.